The van der Waals surface area contributed by atoms with Crippen molar-refractivity contribution >= 4 is 5.97 Å². The molecule has 0 radical (unpaired) electrons. The van der Waals surface area contributed by atoms with Crippen LogP contribution in [0.1, 0.15) is 135 Å². The maximum atomic E-state index is 13.5. The lowest BCUT2D eigenvalue weighted by atomic mass is 9.75. The molecule has 5 nitrogen and oxygen atoms in total. The Balaban J connectivity index is 2.93. The summed E-state index contributed by atoms with van der Waals surface area (Å²) >= 11 is 0. The summed E-state index contributed by atoms with van der Waals surface area (Å²) in [5, 5.41) is 13.5. The highest BCUT2D eigenvalue weighted by Gasteiger charge is 2.42. The van der Waals surface area contributed by atoms with E-state index in [4.69, 9.17) is 10.5 Å². The molecule has 0 fully saturated rings. The molecule has 0 aromatic heterocycles. The molecule has 0 heterocycles. The maximum Gasteiger partial charge on any atom is 0.313 e. The molecule has 0 amide bonds. The summed E-state index contributed by atoms with van der Waals surface area (Å²) in [4.78, 5) is 13.5. The Labute approximate surface area is 228 Å². The Hall–Kier alpha value is -1.43. The summed E-state index contributed by atoms with van der Waals surface area (Å²) in [6, 6.07) is 8.42. The van der Waals surface area contributed by atoms with E-state index in [1.165, 1.54) is 69.8 Å². The van der Waals surface area contributed by atoms with Gasteiger partial charge in [0.05, 0.1) is 11.5 Å². The van der Waals surface area contributed by atoms with Gasteiger partial charge in [-0.2, -0.15) is 0 Å². The molecular formula is C32H58N2O3. The number of aliphatic hydroxyl groups is 1. The highest BCUT2D eigenvalue weighted by molar-refractivity contribution is 5.77. The van der Waals surface area contributed by atoms with E-state index in [1.54, 1.807) is 6.92 Å². The Morgan fingerprint density at radius 2 is 1.41 bits per heavy atom. The number of nitrogens with one attached hydrogen (secondary N) is 1. The molecule has 0 aliphatic heterocycles. The van der Waals surface area contributed by atoms with Gasteiger partial charge in [0, 0.05) is 19.1 Å². The number of ether oxygens (including phenoxy) is 1. The van der Waals surface area contributed by atoms with Gasteiger partial charge in [0.1, 0.15) is 6.61 Å². The Bertz CT molecular complexity index is 692. The van der Waals surface area contributed by atoms with E-state index in [0.29, 0.717) is 13.1 Å². The number of unbranched alkanes of at least 4 members (excludes halogenated alkanes) is 11. The number of hydrogen-bond acceptors (Lipinski definition) is 5. The lowest BCUT2D eigenvalue weighted by Gasteiger charge is -2.37. The van der Waals surface area contributed by atoms with Crippen LogP contribution in [0.2, 0.25) is 0 Å². The van der Waals surface area contributed by atoms with Crippen molar-refractivity contribution < 1.29 is 14.6 Å². The number of aliphatic hydroxyl groups excluding tert-OH is 1. The van der Waals surface area contributed by atoms with E-state index < -0.39 is 11.5 Å². The van der Waals surface area contributed by atoms with E-state index in [1.807, 2.05) is 0 Å². The Kier molecular flexibility index (Phi) is 18.6. The zero-order chi connectivity index (χ0) is 27.4. The summed E-state index contributed by atoms with van der Waals surface area (Å²) < 4.78 is 5.66. The smallest absolute Gasteiger partial charge is 0.313 e. The van der Waals surface area contributed by atoms with Crippen LogP contribution in [0.25, 0.3) is 0 Å². The molecule has 0 aliphatic rings. The Morgan fingerprint density at radius 1 is 0.892 bits per heavy atom. The molecule has 0 spiro atoms. The van der Waals surface area contributed by atoms with Gasteiger partial charge in [-0.05, 0) is 37.8 Å². The van der Waals surface area contributed by atoms with Gasteiger partial charge in [-0.1, -0.05) is 122 Å². The van der Waals surface area contributed by atoms with Crippen molar-refractivity contribution in [2.24, 2.45) is 11.1 Å². The summed E-state index contributed by atoms with van der Waals surface area (Å²) in [5.74, 6) is -0.179. The number of rotatable bonds is 23. The average molecular weight is 519 g/mol. The number of carbonyl (C=O) groups is 1. The third kappa shape index (κ3) is 14.3. The third-order valence-corrected chi connectivity index (χ3v) is 7.65. The van der Waals surface area contributed by atoms with Crippen molar-refractivity contribution in [1.29, 1.82) is 0 Å². The third-order valence-electron chi connectivity index (χ3n) is 7.65. The number of esters is 1. The molecule has 0 saturated carbocycles. The molecule has 0 aliphatic carbocycles. The maximum absolute atomic E-state index is 13.5. The molecular weight excluding hydrogens is 460 g/mol. The first-order valence-corrected chi connectivity index (χ1v) is 15.2. The molecule has 0 bridgehead atoms. The number of nitrogens with two attached hydrogens (primary N) is 1. The summed E-state index contributed by atoms with van der Waals surface area (Å²) in [5.41, 5.74) is 7.46. The van der Waals surface area contributed by atoms with Crippen LogP contribution >= 0.6 is 0 Å². The summed E-state index contributed by atoms with van der Waals surface area (Å²) in [7, 11) is 0. The van der Waals surface area contributed by atoms with E-state index in [-0.39, 0.29) is 18.6 Å². The SMILES string of the molecule is CCCCCCCCCC(C)(C(=O)OCC(C)O)C(CCCCCCCC)NCc1ccc(CN)cc1. The predicted octanol–water partition coefficient (Wildman–Crippen LogP) is 7.43. The van der Waals surface area contributed by atoms with Crippen molar-refractivity contribution in [3.05, 3.63) is 35.4 Å². The average Bonchev–Trinajstić information content (AvgIpc) is 2.90. The quantitative estimate of drug-likeness (QED) is 0.104. The predicted molar refractivity (Wildman–Crippen MR) is 156 cm³/mol. The number of benzene rings is 1. The van der Waals surface area contributed by atoms with Gasteiger partial charge >= 0.3 is 5.97 Å². The molecule has 214 valence electrons. The normalized spacial score (nSPS) is 14.8. The molecule has 1 aromatic carbocycles. The van der Waals surface area contributed by atoms with Gasteiger partial charge in [-0.3, -0.25) is 4.79 Å². The van der Waals surface area contributed by atoms with Crippen LogP contribution in [-0.2, 0) is 22.6 Å². The van der Waals surface area contributed by atoms with Crippen LogP contribution < -0.4 is 11.1 Å². The molecule has 3 atom stereocenters. The molecule has 1 rings (SSSR count). The van der Waals surface area contributed by atoms with E-state index in [9.17, 15) is 9.90 Å². The van der Waals surface area contributed by atoms with Crippen molar-refractivity contribution in [3.8, 4) is 0 Å². The van der Waals surface area contributed by atoms with E-state index in [0.717, 1.165) is 37.7 Å². The minimum Gasteiger partial charge on any atom is -0.462 e. The first kappa shape index (κ1) is 33.6. The van der Waals surface area contributed by atoms with E-state index >= 15 is 0 Å². The molecule has 37 heavy (non-hydrogen) atoms. The molecule has 0 saturated heterocycles. The first-order valence-electron chi connectivity index (χ1n) is 15.2. The van der Waals surface area contributed by atoms with Crippen LogP contribution in [0, 0.1) is 5.41 Å². The van der Waals surface area contributed by atoms with Crippen LogP contribution in [-0.4, -0.2) is 29.8 Å². The summed E-state index contributed by atoms with van der Waals surface area (Å²) in [6.07, 6.45) is 17.0. The van der Waals surface area contributed by atoms with Crippen molar-refractivity contribution in [1.82, 2.24) is 5.32 Å². The first-order chi connectivity index (χ1) is 17.9. The van der Waals surface area contributed by atoms with Crippen molar-refractivity contribution in [3.63, 3.8) is 0 Å². The second-order valence-electron chi connectivity index (χ2n) is 11.2. The van der Waals surface area contributed by atoms with Gasteiger partial charge < -0.3 is 20.9 Å². The minimum absolute atomic E-state index is 0.0226. The highest BCUT2D eigenvalue weighted by atomic mass is 16.5. The lowest BCUT2D eigenvalue weighted by Crippen LogP contribution is -2.49. The largest absolute Gasteiger partial charge is 0.462 e. The van der Waals surface area contributed by atoms with Gasteiger partial charge in [0.2, 0.25) is 0 Å². The second-order valence-corrected chi connectivity index (χ2v) is 11.2. The van der Waals surface area contributed by atoms with Crippen molar-refractivity contribution in [2.45, 2.75) is 149 Å². The molecule has 3 unspecified atom stereocenters. The fraction of sp³-hybridized carbons (Fsp3) is 0.781. The van der Waals surface area contributed by atoms with Gasteiger partial charge in [0.15, 0.2) is 0 Å². The number of carbonyl (C=O) groups excluding carboxylic acids is 1. The van der Waals surface area contributed by atoms with Crippen LogP contribution in [0.5, 0.6) is 0 Å². The summed E-state index contributed by atoms with van der Waals surface area (Å²) in [6.45, 7) is 9.54. The molecule has 1 aromatic rings. The van der Waals surface area contributed by atoms with E-state index in [2.05, 4.69) is 50.4 Å². The number of hydrogen-bond donors (Lipinski definition) is 3. The van der Waals surface area contributed by atoms with Crippen LogP contribution in [0.3, 0.4) is 0 Å². The van der Waals surface area contributed by atoms with Crippen molar-refractivity contribution in [2.75, 3.05) is 6.61 Å². The Morgan fingerprint density at radius 3 is 1.95 bits per heavy atom. The lowest BCUT2D eigenvalue weighted by molar-refractivity contribution is -0.160. The van der Waals surface area contributed by atoms with Crippen LogP contribution in [0.15, 0.2) is 24.3 Å². The standard InChI is InChI=1S/C32H58N2O3/c1-5-7-9-11-13-15-17-23-32(4,31(36)37-26-27(3)35)30(18-16-14-12-10-8-6-2)34-25-29-21-19-28(24-33)20-22-29/h19-22,27,30,34-35H,5-18,23-26,33H2,1-4H3. The minimum atomic E-state index is -0.655. The van der Waals surface area contributed by atoms with Gasteiger partial charge in [-0.25, -0.2) is 0 Å². The van der Waals surface area contributed by atoms with Gasteiger partial charge in [0.25, 0.3) is 0 Å². The van der Waals surface area contributed by atoms with Gasteiger partial charge in [-0.15, -0.1) is 0 Å². The van der Waals surface area contributed by atoms with Crippen LogP contribution in [0.4, 0.5) is 0 Å². The molecule has 5 heteroatoms. The zero-order valence-electron chi connectivity index (χ0n) is 24.5. The monoisotopic (exact) mass is 518 g/mol. The zero-order valence-corrected chi connectivity index (χ0v) is 24.5. The molecule has 4 N–H and O–H groups in total. The topological polar surface area (TPSA) is 84.6 Å². The fourth-order valence-corrected chi connectivity index (χ4v) is 5.04. The highest BCUT2D eigenvalue weighted by Crippen LogP contribution is 2.34. The fourth-order valence-electron chi connectivity index (χ4n) is 5.04. The second kappa shape index (κ2) is 20.5.